The van der Waals surface area contributed by atoms with Crippen LogP contribution < -0.4 is 5.32 Å². The van der Waals surface area contributed by atoms with E-state index in [2.05, 4.69) is 31.0 Å². The van der Waals surface area contributed by atoms with E-state index >= 15 is 0 Å². The standard InChI is InChI=1S/C16H32N2O2/c1-5-16(6-2,7-3)12-17-13-9-14(10-13)18(8-4)11-15(19)20/h13-14,17H,5-12H2,1-4H3,(H,19,20). The molecule has 0 aromatic rings. The zero-order valence-corrected chi connectivity index (χ0v) is 13.6. The van der Waals surface area contributed by atoms with Crippen molar-refractivity contribution >= 4 is 5.97 Å². The van der Waals surface area contributed by atoms with Gasteiger partial charge in [0.05, 0.1) is 6.54 Å². The Morgan fingerprint density at radius 1 is 1.20 bits per heavy atom. The Kier molecular flexibility index (Phi) is 6.96. The molecule has 0 saturated heterocycles. The van der Waals surface area contributed by atoms with Gasteiger partial charge in [-0.25, -0.2) is 0 Å². The Morgan fingerprint density at radius 3 is 2.15 bits per heavy atom. The molecule has 0 amide bonds. The number of likely N-dealkylation sites (N-methyl/N-ethyl adjacent to an activating group) is 1. The molecular formula is C16H32N2O2. The molecule has 1 aliphatic rings. The molecule has 4 heteroatoms. The summed E-state index contributed by atoms with van der Waals surface area (Å²) in [5.74, 6) is -0.717. The van der Waals surface area contributed by atoms with Gasteiger partial charge in [0.2, 0.25) is 0 Å². The normalized spacial score (nSPS) is 22.9. The molecule has 0 aromatic carbocycles. The number of nitrogens with one attached hydrogen (secondary N) is 1. The van der Waals surface area contributed by atoms with Crippen molar-refractivity contribution in [1.29, 1.82) is 0 Å². The fourth-order valence-corrected chi connectivity index (χ4v) is 3.21. The third-order valence-corrected chi connectivity index (χ3v) is 5.39. The summed E-state index contributed by atoms with van der Waals surface area (Å²) in [6, 6.07) is 1.03. The maximum Gasteiger partial charge on any atom is 0.317 e. The highest BCUT2D eigenvalue weighted by molar-refractivity contribution is 5.69. The van der Waals surface area contributed by atoms with Crippen LogP contribution in [-0.2, 0) is 4.79 Å². The molecule has 0 unspecified atom stereocenters. The first kappa shape index (κ1) is 17.4. The second-order valence-electron chi connectivity index (χ2n) is 6.22. The lowest BCUT2D eigenvalue weighted by molar-refractivity contribution is -0.139. The summed E-state index contributed by atoms with van der Waals surface area (Å²) < 4.78 is 0. The molecule has 118 valence electrons. The van der Waals surface area contributed by atoms with Gasteiger partial charge >= 0.3 is 5.97 Å². The van der Waals surface area contributed by atoms with Crippen molar-refractivity contribution in [3.8, 4) is 0 Å². The van der Waals surface area contributed by atoms with E-state index in [0.717, 1.165) is 25.9 Å². The molecule has 0 atom stereocenters. The van der Waals surface area contributed by atoms with Crippen LogP contribution in [-0.4, -0.2) is 47.7 Å². The number of hydrogen-bond donors (Lipinski definition) is 2. The van der Waals surface area contributed by atoms with Crippen molar-refractivity contribution < 1.29 is 9.90 Å². The van der Waals surface area contributed by atoms with Gasteiger partial charge in [-0.2, -0.15) is 0 Å². The van der Waals surface area contributed by atoms with Crippen LogP contribution in [0.25, 0.3) is 0 Å². The van der Waals surface area contributed by atoms with E-state index in [0.29, 0.717) is 17.5 Å². The molecule has 2 N–H and O–H groups in total. The lowest BCUT2D eigenvalue weighted by Gasteiger charge is -2.44. The predicted molar refractivity (Wildman–Crippen MR) is 83.0 cm³/mol. The molecule has 0 heterocycles. The number of aliphatic carboxylic acids is 1. The zero-order valence-electron chi connectivity index (χ0n) is 13.6. The number of carbonyl (C=O) groups is 1. The van der Waals surface area contributed by atoms with E-state index < -0.39 is 5.97 Å². The fraction of sp³-hybridized carbons (Fsp3) is 0.938. The van der Waals surface area contributed by atoms with E-state index in [1.807, 2.05) is 6.92 Å². The second-order valence-corrected chi connectivity index (χ2v) is 6.22. The van der Waals surface area contributed by atoms with Crippen molar-refractivity contribution in [2.24, 2.45) is 5.41 Å². The molecule has 1 saturated carbocycles. The number of rotatable bonds is 10. The van der Waals surface area contributed by atoms with Gasteiger partial charge in [-0.1, -0.05) is 27.7 Å². The smallest absolute Gasteiger partial charge is 0.317 e. The van der Waals surface area contributed by atoms with Crippen molar-refractivity contribution in [3.05, 3.63) is 0 Å². The largest absolute Gasteiger partial charge is 0.480 e. The highest BCUT2D eigenvalue weighted by Gasteiger charge is 2.35. The van der Waals surface area contributed by atoms with E-state index in [1.165, 1.54) is 19.3 Å². The van der Waals surface area contributed by atoms with Crippen molar-refractivity contribution in [1.82, 2.24) is 10.2 Å². The first-order valence-corrected chi connectivity index (χ1v) is 8.19. The number of carboxylic acids is 1. The van der Waals surface area contributed by atoms with Crippen LogP contribution in [0.3, 0.4) is 0 Å². The van der Waals surface area contributed by atoms with E-state index in [1.54, 1.807) is 0 Å². The third kappa shape index (κ3) is 4.45. The van der Waals surface area contributed by atoms with Gasteiger partial charge in [0.15, 0.2) is 0 Å². The number of hydrogen-bond acceptors (Lipinski definition) is 3. The highest BCUT2D eigenvalue weighted by Crippen LogP contribution is 2.31. The Bertz CT molecular complexity index is 289. The molecule has 20 heavy (non-hydrogen) atoms. The summed E-state index contributed by atoms with van der Waals surface area (Å²) in [6.07, 6.45) is 5.86. The minimum Gasteiger partial charge on any atom is -0.480 e. The monoisotopic (exact) mass is 284 g/mol. The average molecular weight is 284 g/mol. The minimum atomic E-state index is -0.717. The maximum absolute atomic E-state index is 10.8. The SMILES string of the molecule is CCN(CC(=O)O)C1CC(NCC(CC)(CC)CC)C1. The highest BCUT2D eigenvalue weighted by atomic mass is 16.4. The lowest BCUT2D eigenvalue weighted by atomic mass is 9.78. The molecule has 0 radical (unpaired) electrons. The molecule has 1 rings (SSSR count). The summed E-state index contributed by atoms with van der Waals surface area (Å²) in [5.41, 5.74) is 0.441. The lowest BCUT2D eigenvalue weighted by Crippen LogP contribution is -2.55. The molecule has 1 aliphatic carbocycles. The Labute approximate surface area is 123 Å². The second kappa shape index (κ2) is 7.99. The third-order valence-electron chi connectivity index (χ3n) is 5.39. The van der Waals surface area contributed by atoms with Crippen molar-refractivity contribution in [3.63, 3.8) is 0 Å². The minimum absolute atomic E-state index is 0.177. The molecule has 0 aliphatic heterocycles. The summed E-state index contributed by atoms with van der Waals surface area (Å²) in [6.45, 7) is 11.0. The first-order chi connectivity index (χ1) is 9.50. The molecule has 4 nitrogen and oxygen atoms in total. The molecule has 1 fully saturated rings. The van der Waals surface area contributed by atoms with Gasteiger partial charge in [-0.05, 0) is 44.1 Å². The van der Waals surface area contributed by atoms with E-state index in [-0.39, 0.29) is 6.54 Å². The van der Waals surface area contributed by atoms with Crippen molar-refractivity contribution in [2.75, 3.05) is 19.6 Å². The summed E-state index contributed by atoms with van der Waals surface area (Å²) in [7, 11) is 0. The maximum atomic E-state index is 10.8. The summed E-state index contributed by atoms with van der Waals surface area (Å²) >= 11 is 0. The summed E-state index contributed by atoms with van der Waals surface area (Å²) in [4.78, 5) is 12.9. The Morgan fingerprint density at radius 2 is 1.75 bits per heavy atom. The van der Waals surface area contributed by atoms with Crippen LogP contribution in [0.1, 0.15) is 59.8 Å². The molecule has 0 spiro atoms. The van der Waals surface area contributed by atoms with Gasteiger partial charge in [0.1, 0.15) is 0 Å². The average Bonchev–Trinajstić information content (AvgIpc) is 2.40. The zero-order chi connectivity index (χ0) is 15.2. The number of carboxylic acid groups (broad SMARTS) is 1. The Balaban J connectivity index is 2.32. The van der Waals surface area contributed by atoms with Crippen LogP contribution >= 0.6 is 0 Å². The van der Waals surface area contributed by atoms with Crippen LogP contribution in [0, 0.1) is 5.41 Å². The molecule has 0 aromatic heterocycles. The predicted octanol–water partition coefficient (Wildman–Crippen LogP) is 2.73. The molecule has 0 bridgehead atoms. The topological polar surface area (TPSA) is 52.6 Å². The van der Waals surface area contributed by atoms with Crippen LogP contribution in [0.15, 0.2) is 0 Å². The van der Waals surface area contributed by atoms with Gasteiger partial charge in [0, 0.05) is 18.6 Å². The van der Waals surface area contributed by atoms with Gasteiger partial charge < -0.3 is 10.4 Å². The van der Waals surface area contributed by atoms with E-state index in [4.69, 9.17) is 5.11 Å². The first-order valence-electron chi connectivity index (χ1n) is 8.19. The van der Waals surface area contributed by atoms with Gasteiger partial charge in [0.25, 0.3) is 0 Å². The van der Waals surface area contributed by atoms with Crippen LogP contribution in [0.5, 0.6) is 0 Å². The van der Waals surface area contributed by atoms with Crippen molar-refractivity contribution in [2.45, 2.75) is 71.9 Å². The number of nitrogens with zero attached hydrogens (tertiary/aromatic N) is 1. The van der Waals surface area contributed by atoms with Gasteiger partial charge in [-0.3, -0.25) is 9.69 Å². The van der Waals surface area contributed by atoms with Crippen LogP contribution in [0.2, 0.25) is 0 Å². The summed E-state index contributed by atoms with van der Waals surface area (Å²) in [5, 5.41) is 12.6. The fourth-order valence-electron chi connectivity index (χ4n) is 3.21. The van der Waals surface area contributed by atoms with E-state index in [9.17, 15) is 4.79 Å². The Hall–Kier alpha value is -0.610. The van der Waals surface area contributed by atoms with Crippen LogP contribution in [0.4, 0.5) is 0 Å². The molecular weight excluding hydrogens is 252 g/mol. The van der Waals surface area contributed by atoms with Gasteiger partial charge in [-0.15, -0.1) is 0 Å². The quantitative estimate of drug-likeness (QED) is 0.647.